The molecule has 0 amide bonds. The summed E-state index contributed by atoms with van der Waals surface area (Å²) in [6.07, 6.45) is -7.80. The van der Waals surface area contributed by atoms with E-state index in [1.807, 2.05) is 4.91 Å². The van der Waals surface area contributed by atoms with Crippen molar-refractivity contribution in [3.63, 3.8) is 0 Å². The first-order chi connectivity index (χ1) is 12.0. The van der Waals surface area contributed by atoms with Crippen molar-refractivity contribution in [3.05, 3.63) is 10.4 Å². The Morgan fingerprint density at radius 1 is 1.22 bits per heavy atom. The lowest BCUT2D eigenvalue weighted by Gasteiger charge is -2.23. The van der Waals surface area contributed by atoms with E-state index < -0.39 is 54.5 Å². The molecule has 1 aliphatic heterocycles. The molecule has 21 heteroatoms. The largest absolute Gasteiger partial charge is 0.490 e. The lowest BCUT2D eigenvalue weighted by atomic mass is 9.96. The third kappa shape index (κ3) is 9.55. The highest BCUT2D eigenvalue weighted by molar-refractivity contribution is 7.66. The Morgan fingerprint density at radius 2 is 1.81 bits per heavy atom. The number of hydrogen-bond acceptors (Lipinski definition) is 9. The van der Waals surface area contributed by atoms with Gasteiger partial charge in [0.05, 0.1) is 12.7 Å². The molecule has 1 fully saturated rings. The van der Waals surface area contributed by atoms with Crippen LogP contribution in [0.3, 0.4) is 0 Å². The molecule has 154 valence electrons. The van der Waals surface area contributed by atoms with E-state index in [2.05, 4.69) is 23.0 Å². The summed E-state index contributed by atoms with van der Waals surface area (Å²) in [5, 5.41) is 2.07. The van der Waals surface area contributed by atoms with Crippen LogP contribution in [0.15, 0.2) is 5.11 Å². The van der Waals surface area contributed by atoms with Gasteiger partial charge in [0.2, 0.25) is 0 Å². The van der Waals surface area contributed by atoms with Gasteiger partial charge in [-0.05, 0) is 12.0 Å². The topological polar surface area (TPSA) is 227 Å². The molecule has 0 saturated carbocycles. The maximum Gasteiger partial charge on any atom is 0.490 e. The van der Waals surface area contributed by atoms with Gasteiger partial charge in [0, 0.05) is 16.0 Å². The van der Waals surface area contributed by atoms with Gasteiger partial charge in [-0.25, -0.2) is 13.7 Å². The lowest BCUT2D eigenvalue weighted by molar-refractivity contribution is -0.265. The van der Waals surface area contributed by atoms with Crippen LogP contribution in [0, 0.1) is 0 Å². The molecule has 27 heavy (non-hydrogen) atoms. The van der Waals surface area contributed by atoms with E-state index in [0.29, 0.717) is 0 Å². The summed E-state index contributed by atoms with van der Waals surface area (Å²) in [5.41, 5.74) is 8.01. The van der Waals surface area contributed by atoms with Crippen molar-refractivity contribution in [3.8, 4) is 0 Å². The molecule has 0 bridgehead atoms. The minimum Gasteiger partial charge on any atom is -0.380 e. The number of alkyl halides is 2. The average Bonchev–Trinajstić information content (AvgIpc) is 2.71. The summed E-state index contributed by atoms with van der Waals surface area (Å²) in [7, 11) is -11.4. The maximum atomic E-state index is 13.2. The molecule has 0 aromatic rings. The average molecular weight is 459 g/mol. The standard InChI is InChI=1S/C6H11BF2N3O12P3/c7-5-1-3(22-6(8,9)11-12-10)4(21-5)2-20-26(16,17)24-27(18,19)23-25(13,14)15/h3-5H,1-2H2,(H,16,17)(H,18,19)(H2,13,14,15)/t3-,4?,5?/m1/s1. The Morgan fingerprint density at radius 3 is 2.33 bits per heavy atom. The predicted molar refractivity (Wildman–Crippen MR) is 77.8 cm³/mol. The molecule has 15 nitrogen and oxygen atoms in total. The van der Waals surface area contributed by atoms with Gasteiger partial charge in [0.15, 0.2) is 0 Å². The van der Waals surface area contributed by atoms with Gasteiger partial charge < -0.3 is 29.0 Å². The van der Waals surface area contributed by atoms with Crippen LogP contribution in [-0.2, 0) is 36.3 Å². The molecule has 0 aromatic carbocycles. The van der Waals surface area contributed by atoms with E-state index >= 15 is 0 Å². The molecular weight excluding hydrogens is 448 g/mol. The van der Waals surface area contributed by atoms with Gasteiger partial charge in [-0.2, -0.15) is 17.4 Å². The smallest absolute Gasteiger partial charge is 0.380 e. The molecule has 1 rings (SSSR count). The molecule has 4 unspecified atom stereocenters. The third-order valence-electron chi connectivity index (χ3n) is 2.50. The van der Waals surface area contributed by atoms with Gasteiger partial charge in [0.1, 0.15) is 14.0 Å². The second-order valence-corrected chi connectivity index (χ2v) is 9.09. The third-order valence-corrected chi connectivity index (χ3v) is 6.30. The molecule has 0 aromatic heterocycles. The van der Waals surface area contributed by atoms with E-state index in [0.717, 1.165) is 0 Å². The van der Waals surface area contributed by atoms with Crippen LogP contribution in [0.4, 0.5) is 8.78 Å². The Bertz CT molecular complexity index is 729. The lowest BCUT2D eigenvalue weighted by Crippen LogP contribution is -2.34. The zero-order valence-electron chi connectivity index (χ0n) is 12.7. The summed E-state index contributed by atoms with van der Waals surface area (Å²) in [6, 6.07) is -1.17. The second-order valence-electron chi connectivity index (χ2n) is 4.67. The highest BCUT2D eigenvalue weighted by Gasteiger charge is 2.44. The van der Waals surface area contributed by atoms with Crippen LogP contribution in [0.25, 0.3) is 10.4 Å². The molecule has 1 saturated heterocycles. The van der Waals surface area contributed by atoms with E-state index in [-0.39, 0.29) is 6.42 Å². The van der Waals surface area contributed by atoms with E-state index in [4.69, 9.17) is 32.8 Å². The number of hydrogen-bond donors (Lipinski definition) is 4. The fourth-order valence-corrected chi connectivity index (χ4v) is 4.78. The Hall–Kier alpha value is -0.435. The van der Waals surface area contributed by atoms with Crippen molar-refractivity contribution in [1.29, 1.82) is 0 Å². The number of nitrogens with zero attached hydrogens (tertiary/aromatic N) is 3. The monoisotopic (exact) mass is 459 g/mol. The van der Waals surface area contributed by atoms with Crippen LogP contribution in [-0.4, -0.2) is 58.5 Å². The van der Waals surface area contributed by atoms with Gasteiger partial charge >= 0.3 is 29.7 Å². The van der Waals surface area contributed by atoms with E-state index in [9.17, 15) is 27.4 Å². The van der Waals surface area contributed by atoms with Gasteiger partial charge in [-0.15, -0.1) is 0 Å². The quantitative estimate of drug-likeness (QED) is 0.0891. The molecule has 2 radical (unpaired) electrons. The van der Waals surface area contributed by atoms with Crippen LogP contribution in [0.2, 0.25) is 0 Å². The number of azide groups is 1. The summed E-state index contributed by atoms with van der Waals surface area (Å²) in [6.45, 7) is -1.06. The number of halogens is 2. The SMILES string of the molecule is [B]C1C[C@@H](OC(F)(F)N=[N+]=[N-])C(COP(=O)(O)OP(=O)(O)OP(=O)(O)O)O1. The Balaban J connectivity index is 2.73. The normalized spacial score (nSPS) is 28.1. The second kappa shape index (κ2) is 8.93. The first-order valence-electron chi connectivity index (χ1n) is 6.35. The summed E-state index contributed by atoms with van der Waals surface area (Å²) >= 11 is 0. The van der Waals surface area contributed by atoms with Crippen molar-refractivity contribution < 1.29 is 64.7 Å². The highest BCUT2D eigenvalue weighted by atomic mass is 31.3. The van der Waals surface area contributed by atoms with Crippen LogP contribution < -0.4 is 0 Å². The number of rotatable bonds is 10. The minimum absolute atomic E-state index is 0.374. The zero-order valence-corrected chi connectivity index (χ0v) is 15.4. The van der Waals surface area contributed by atoms with E-state index in [1.165, 1.54) is 0 Å². The van der Waals surface area contributed by atoms with Crippen molar-refractivity contribution in [2.24, 2.45) is 5.11 Å². The number of phosphoric ester groups is 1. The Labute approximate surface area is 150 Å². The molecule has 4 N–H and O–H groups in total. The number of ether oxygens (including phenoxy) is 2. The number of phosphoric acid groups is 3. The van der Waals surface area contributed by atoms with Crippen LogP contribution in [0.5, 0.6) is 0 Å². The van der Waals surface area contributed by atoms with Gasteiger partial charge in [-0.3, -0.25) is 4.52 Å². The first kappa shape index (κ1) is 24.6. The summed E-state index contributed by atoms with van der Waals surface area (Å²) in [5.74, 6) is 0. The zero-order chi connectivity index (χ0) is 21.1. The Kier molecular flexibility index (Phi) is 8.14. The van der Waals surface area contributed by atoms with Crippen molar-refractivity contribution >= 4 is 31.3 Å². The van der Waals surface area contributed by atoms with Crippen molar-refractivity contribution in [2.75, 3.05) is 6.61 Å². The van der Waals surface area contributed by atoms with Crippen molar-refractivity contribution in [1.82, 2.24) is 0 Å². The first-order valence-corrected chi connectivity index (χ1v) is 10.9. The highest BCUT2D eigenvalue weighted by Crippen LogP contribution is 2.66. The van der Waals surface area contributed by atoms with E-state index in [1.54, 1.807) is 0 Å². The molecule has 5 atom stereocenters. The fourth-order valence-electron chi connectivity index (χ4n) is 1.75. The molecular formula is C6H11BF2N3O12P3. The fraction of sp³-hybridized carbons (Fsp3) is 1.00. The van der Waals surface area contributed by atoms with Gasteiger partial charge in [-0.1, -0.05) is 0 Å². The molecule has 1 heterocycles. The molecule has 0 spiro atoms. The van der Waals surface area contributed by atoms with Crippen molar-refractivity contribution in [2.45, 2.75) is 30.9 Å². The molecule has 0 aliphatic carbocycles. The van der Waals surface area contributed by atoms with Crippen LogP contribution in [0.1, 0.15) is 6.42 Å². The van der Waals surface area contributed by atoms with Crippen LogP contribution >= 0.6 is 23.5 Å². The molecule has 1 aliphatic rings. The van der Waals surface area contributed by atoms with Gasteiger partial charge in [0.25, 0.3) is 0 Å². The summed E-state index contributed by atoms with van der Waals surface area (Å²) in [4.78, 5) is 36.9. The predicted octanol–water partition coefficient (Wildman–Crippen LogP) is 0.859. The minimum atomic E-state index is -5.74. The maximum absolute atomic E-state index is 13.2. The summed E-state index contributed by atoms with van der Waals surface area (Å²) < 4.78 is 79.7.